The summed E-state index contributed by atoms with van der Waals surface area (Å²) in [4.78, 5) is 29.2. The van der Waals surface area contributed by atoms with Crippen molar-refractivity contribution in [3.05, 3.63) is 68.3 Å². The van der Waals surface area contributed by atoms with Crippen LogP contribution < -0.4 is 0 Å². The molecule has 6 heteroatoms. The molecule has 1 saturated heterocycles. The Kier molecular flexibility index (Phi) is 6.11. The summed E-state index contributed by atoms with van der Waals surface area (Å²) in [7, 11) is 1.78. The average molecular weight is 497 g/mol. The highest BCUT2D eigenvalue weighted by molar-refractivity contribution is 14.1. The molecule has 1 heterocycles. The van der Waals surface area contributed by atoms with E-state index in [1.807, 2.05) is 55.5 Å². The highest BCUT2D eigenvalue weighted by Gasteiger charge is 2.50. The molecule has 2 aromatic carbocycles. The van der Waals surface area contributed by atoms with Crippen molar-refractivity contribution in [1.29, 1.82) is 0 Å². The van der Waals surface area contributed by atoms with Gasteiger partial charge >= 0.3 is 0 Å². The molecular weight excluding hydrogens is 475 g/mol. The highest BCUT2D eigenvalue weighted by Crippen LogP contribution is 2.33. The molecular formula is C21H22ClIN2O2. The molecule has 4 nitrogen and oxygen atoms in total. The van der Waals surface area contributed by atoms with Gasteiger partial charge in [-0.05, 0) is 71.3 Å². The summed E-state index contributed by atoms with van der Waals surface area (Å²) in [5.74, 6) is -0.0298. The Hall–Kier alpha value is -1.60. The molecule has 0 bridgehead atoms. The molecule has 0 aliphatic carbocycles. The summed E-state index contributed by atoms with van der Waals surface area (Å²) in [6.07, 6.45) is 1.01. The van der Waals surface area contributed by atoms with Crippen LogP contribution in [0.4, 0.5) is 0 Å². The lowest BCUT2D eigenvalue weighted by molar-refractivity contribution is -0.163. The van der Waals surface area contributed by atoms with Gasteiger partial charge < -0.3 is 9.80 Å². The molecule has 0 saturated carbocycles. The fourth-order valence-electron chi connectivity index (χ4n) is 3.40. The number of likely N-dealkylation sites (tertiary alicyclic amines) is 1. The molecule has 27 heavy (non-hydrogen) atoms. The van der Waals surface area contributed by atoms with Crippen molar-refractivity contribution in [1.82, 2.24) is 9.80 Å². The van der Waals surface area contributed by atoms with Crippen LogP contribution in [0.1, 0.15) is 24.5 Å². The van der Waals surface area contributed by atoms with Crippen LogP contribution in [0.3, 0.4) is 0 Å². The summed E-state index contributed by atoms with van der Waals surface area (Å²) in [5, 5.41) is 0.672. The SMILES string of the molecule is CN(Cc1ccc(Cl)cc1)C(=O)C1(C)CCN1C(=O)Cc1ccc(I)cc1. The van der Waals surface area contributed by atoms with Crippen LogP contribution >= 0.6 is 34.2 Å². The topological polar surface area (TPSA) is 40.6 Å². The Morgan fingerprint density at radius 1 is 1.11 bits per heavy atom. The van der Waals surface area contributed by atoms with Crippen molar-refractivity contribution in [2.75, 3.05) is 13.6 Å². The maximum absolute atomic E-state index is 13.0. The third kappa shape index (κ3) is 4.46. The number of likely N-dealkylation sites (N-methyl/N-ethyl adjacent to an activating group) is 1. The van der Waals surface area contributed by atoms with Crippen LogP contribution in [-0.2, 0) is 22.6 Å². The maximum atomic E-state index is 13.0. The van der Waals surface area contributed by atoms with Gasteiger partial charge in [0.1, 0.15) is 5.54 Å². The fourth-order valence-corrected chi connectivity index (χ4v) is 3.89. The van der Waals surface area contributed by atoms with Gasteiger partial charge in [-0.25, -0.2) is 0 Å². The minimum absolute atomic E-state index is 0.00167. The molecule has 2 aromatic rings. The Morgan fingerprint density at radius 3 is 2.26 bits per heavy atom. The number of hydrogen-bond acceptors (Lipinski definition) is 2. The molecule has 0 spiro atoms. The fraction of sp³-hybridized carbons (Fsp3) is 0.333. The molecule has 1 fully saturated rings. The van der Waals surface area contributed by atoms with Gasteiger partial charge in [-0.3, -0.25) is 9.59 Å². The molecule has 0 N–H and O–H groups in total. The number of halogens is 2. The molecule has 3 rings (SSSR count). The summed E-state index contributed by atoms with van der Waals surface area (Å²) in [5.41, 5.74) is 1.22. The van der Waals surface area contributed by atoms with E-state index in [-0.39, 0.29) is 11.8 Å². The van der Waals surface area contributed by atoms with E-state index in [0.717, 1.165) is 14.7 Å². The van der Waals surface area contributed by atoms with Gasteiger partial charge in [0.25, 0.3) is 0 Å². The number of carbonyl (C=O) groups excluding carboxylic acids is 2. The number of hydrogen-bond donors (Lipinski definition) is 0. The zero-order valence-corrected chi connectivity index (χ0v) is 18.3. The molecule has 1 unspecified atom stereocenters. The predicted molar refractivity (Wildman–Crippen MR) is 116 cm³/mol. The van der Waals surface area contributed by atoms with Crippen LogP contribution in [0.15, 0.2) is 48.5 Å². The molecule has 2 amide bonds. The Morgan fingerprint density at radius 2 is 1.70 bits per heavy atom. The zero-order chi connectivity index (χ0) is 19.6. The molecule has 1 atom stereocenters. The van der Waals surface area contributed by atoms with Gasteiger partial charge in [0.2, 0.25) is 11.8 Å². The van der Waals surface area contributed by atoms with Crippen molar-refractivity contribution < 1.29 is 9.59 Å². The first-order valence-electron chi connectivity index (χ1n) is 8.84. The second-order valence-corrected chi connectivity index (χ2v) is 8.84. The lowest BCUT2D eigenvalue weighted by Gasteiger charge is -2.50. The second-order valence-electron chi connectivity index (χ2n) is 7.16. The van der Waals surface area contributed by atoms with E-state index >= 15 is 0 Å². The van der Waals surface area contributed by atoms with Crippen LogP contribution in [0.5, 0.6) is 0 Å². The lowest BCUT2D eigenvalue weighted by atomic mass is 9.84. The minimum atomic E-state index is -0.762. The normalized spacial score (nSPS) is 18.7. The number of carbonyl (C=O) groups is 2. The van der Waals surface area contributed by atoms with Crippen LogP contribution in [0.25, 0.3) is 0 Å². The zero-order valence-electron chi connectivity index (χ0n) is 15.4. The van der Waals surface area contributed by atoms with Crippen LogP contribution in [0.2, 0.25) is 5.02 Å². The van der Waals surface area contributed by atoms with Gasteiger partial charge in [0, 0.05) is 28.7 Å². The van der Waals surface area contributed by atoms with Crippen molar-refractivity contribution in [3.8, 4) is 0 Å². The van der Waals surface area contributed by atoms with E-state index in [9.17, 15) is 9.59 Å². The average Bonchev–Trinajstić information content (AvgIpc) is 2.63. The van der Waals surface area contributed by atoms with Crippen molar-refractivity contribution in [2.24, 2.45) is 0 Å². The second kappa shape index (κ2) is 8.19. The van der Waals surface area contributed by atoms with E-state index < -0.39 is 5.54 Å². The quantitative estimate of drug-likeness (QED) is 0.584. The van der Waals surface area contributed by atoms with Gasteiger partial charge in [0.15, 0.2) is 0 Å². The standard InChI is InChI=1S/C21H22ClIN2O2/c1-21(20(27)24(2)14-16-3-7-17(22)8-4-16)11-12-25(21)19(26)13-15-5-9-18(23)10-6-15/h3-10H,11-14H2,1-2H3. The maximum Gasteiger partial charge on any atom is 0.248 e. The Bertz CT molecular complexity index is 838. The van der Waals surface area contributed by atoms with Gasteiger partial charge in [-0.15, -0.1) is 0 Å². The minimum Gasteiger partial charge on any atom is -0.339 e. The van der Waals surface area contributed by atoms with E-state index in [4.69, 9.17) is 11.6 Å². The number of amides is 2. The first-order chi connectivity index (χ1) is 12.8. The third-order valence-corrected chi connectivity index (χ3v) is 6.10. The van der Waals surface area contributed by atoms with Gasteiger partial charge in [-0.1, -0.05) is 35.9 Å². The van der Waals surface area contributed by atoms with Crippen LogP contribution in [-0.4, -0.2) is 40.7 Å². The molecule has 1 aliphatic rings. The van der Waals surface area contributed by atoms with E-state index in [1.165, 1.54) is 0 Å². The largest absolute Gasteiger partial charge is 0.339 e. The first kappa shape index (κ1) is 20.1. The predicted octanol–water partition coefficient (Wildman–Crippen LogP) is 4.14. The summed E-state index contributed by atoms with van der Waals surface area (Å²) in [6.45, 7) is 2.98. The Labute approximate surface area is 178 Å². The van der Waals surface area contributed by atoms with E-state index in [0.29, 0.717) is 31.0 Å². The number of rotatable bonds is 5. The van der Waals surface area contributed by atoms with Gasteiger partial charge in [-0.2, -0.15) is 0 Å². The molecule has 1 aliphatic heterocycles. The summed E-state index contributed by atoms with van der Waals surface area (Å²) < 4.78 is 1.14. The highest BCUT2D eigenvalue weighted by atomic mass is 127. The lowest BCUT2D eigenvalue weighted by Crippen LogP contribution is -2.67. The summed E-state index contributed by atoms with van der Waals surface area (Å²) in [6, 6.07) is 15.4. The van der Waals surface area contributed by atoms with Crippen molar-refractivity contribution in [2.45, 2.75) is 31.8 Å². The smallest absolute Gasteiger partial charge is 0.248 e. The first-order valence-corrected chi connectivity index (χ1v) is 10.3. The van der Waals surface area contributed by atoms with Gasteiger partial charge in [0.05, 0.1) is 6.42 Å². The van der Waals surface area contributed by atoms with Crippen LogP contribution in [0, 0.1) is 3.57 Å². The van der Waals surface area contributed by atoms with Crippen molar-refractivity contribution >= 4 is 46.0 Å². The summed E-state index contributed by atoms with van der Waals surface area (Å²) >= 11 is 8.16. The molecule has 0 radical (unpaired) electrons. The molecule has 0 aromatic heterocycles. The van der Waals surface area contributed by atoms with E-state index in [1.54, 1.807) is 16.8 Å². The van der Waals surface area contributed by atoms with Crippen molar-refractivity contribution in [3.63, 3.8) is 0 Å². The Balaban J connectivity index is 1.65. The monoisotopic (exact) mass is 496 g/mol. The number of benzene rings is 2. The number of nitrogens with zero attached hydrogens (tertiary/aromatic N) is 2. The third-order valence-electron chi connectivity index (χ3n) is 5.13. The van der Waals surface area contributed by atoms with E-state index in [2.05, 4.69) is 22.6 Å². The molecule has 142 valence electrons.